The molecule has 0 radical (unpaired) electrons. The van der Waals surface area contributed by atoms with E-state index in [1.807, 2.05) is 24.3 Å². The van der Waals surface area contributed by atoms with E-state index in [-0.39, 0.29) is 12.5 Å². The highest BCUT2D eigenvalue weighted by molar-refractivity contribution is 5.94. The van der Waals surface area contributed by atoms with Crippen LogP contribution in [-0.4, -0.2) is 35.8 Å². The van der Waals surface area contributed by atoms with Crippen LogP contribution in [0.3, 0.4) is 0 Å². The number of fused-ring (bicyclic) bond motifs is 1. The first kappa shape index (κ1) is 15.2. The molecule has 0 spiro atoms. The number of nitrogens with one attached hydrogen (secondary N) is 1. The molecule has 0 bridgehead atoms. The number of urea groups is 1. The summed E-state index contributed by atoms with van der Waals surface area (Å²) < 4.78 is 5.61. The van der Waals surface area contributed by atoms with Crippen molar-refractivity contribution in [3.05, 3.63) is 24.3 Å². The Morgan fingerprint density at radius 1 is 1.38 bits per heavy atom. The zero-order chi connectivity index (χ0) is 15.5. The van der Waals surface area contributed by atoms with Crippen LogP contribution in [0.4, 0.5) is 10.5 Å². The fourth-order valence-electron chi connectivity index (χ4n) is 2.32. The minimum Gasteiger partial charge on any atom is -0.491 e. The van der Waals surface area contributed by atoms with Crippen LogP contribution in [0.25, 0.3) is 0 Å². The maximum Gasteiger partial charge on any atom is 0.322 e. The quantitative estimate of drug-likeness (QED) is 0.895. The summed E-state index contributed by atoms with van der Waals surface area (Å²) in [5.74, 6) is -0.277. The van der Waals surface area contributed by atoms with Crippen LogP contribution in [0.2, 0.25) is 0 Å². The summed E-state index contributed by atoms with van der Waals surface area (Å²) >= 11 is 0. The third kappa shape index (κ3) is 3.87. The van der Waals surface area contributed by atoms with Gasteiger partial charge in [0.05, 0.1) is 18.7 Å². The number of hydrogen-bond acceptors (Lipinski definition) is 3. The number of para-hydroxylation sites is 2. The van der Waals surface area contributed by atoms with Crippen molar-refractivity contribution in [1.82, 2.24) is 5.32 Å². The van der Waals surface area contributed by atoms with Crippen molar-refractivity contribution in [2.75, 3.05) is 18.1 Å². The number of carboxylic acids is 1. The molecule has 1 heterocycles. The Morgan fingerprint density at radius 2 is 2.10 bits per heavy atom. The number of carbonyl (C=O) groups is 2. The first-order valence-corrected chi connectivity index (χ1v) is 6.92. The second kappa shape index (κ2) is 6.03. The zero-order valence-electron chi connectivity index (χ0n) is 12.3. The summed E-state index contributed by atoms with van der Waals surface area (Å²) in [6.45, 7) is 4.48. The summed E-state index contributed by atoms with van der Waals surface area (Å²) in [7, 11) is 0. The van der Waals surface area contributed by atoms with Crippen LogP contribution in [-0.2, 0) is 4.79 Å². The van der Waals surface area contributed by atoms with Crippen molar-refractivity contribution in [1.29, 1.82) is 0 Å². The Morgan fingerprint density at radius 3 is 2.81 bits per heavy atom. The molecule has 114 valence electrons. The molecule has 1 aromatic carbocycles. The molecule has 0 fully saturated rings. The topological polar surface area (TPSA) is 78.9 Å². The van der Waals surface area contributed by atoms with Gasteiger partial charge >= 0.3 is 12.0 Å². The average molecular weight is 292 g/mol. The fraction of sp³-hybridized carbons (Fsp3) is 0.467. The Bertz CT molecular complexity index is 542. The lowest BCUT2D eigenvalue weighted by Crippen LogP contribution is -2.51. The van der Waals surface area contributed by atoms with Gasteiger partial charge in [-0.3, -0.25) is 9.69 Å². The predicted octanol–water partition coefficient (Wildman–Crippen LogP) is 2.24. The Labute approximate surface area is 123 Å². The lowest BCUT2D eigenvalue weighted by Gasteiger charge is -2.29. The highest BCUT2D eigenvalue weighted by Gasteiger charge is 2.28. The summed E-state index contributed by atoms with van der Waals surface area (Å²) in [5, 5.41) is 11.7. The molecule has 2 rings (SSSR count). The standard InChI is InChI=1S/C15H20N2O4/c1-15(2,10-13(18)19)16-14(20)17-8-5-9-21-12-7-4-3-6-11(12)17/h3-4,6-7H,5,8-10H2,1-2H3,(H,16,20)(H,18,19). The molecule has 1 aromatic rings. The predicted molar refractivity (Wildman–Crippen MR) is 78.8 cm³/mol. The normalized spacial score (nSPS) is 14.7. The minimum atomic E-state index is -0.945. The second-order valence-electron chi connectivity index (χ2n) is 5.71. The van der Waals surface area contributed by atoms with Crippen molar-refractivity contribution in [2.45, 2.75) is 32.2 Å². The van der Waals surface area contributed by atoms with Gasteiger partial charge in [0.15, 0.2) is 0 Å². The Balaban J connectivity index is 2.17. The molecule has 0 unspecified atom stereocenters. The van der Waals surface area contributed by atoms with E-state index in [1.165, 1.54) is 0 Å². The molecule has 1 aliphatic heterocycles. The summed E-state index contributed by atoms with van der Waals surface area (Å²) in [6.07, 6.45) is 0.589. The number of rotatable bonds is 3. The van der Waals surface area contributed by atoms with Crippen molar-refractivity contribution in [3.8, 4) is 5.75 Å². The Hall–Kier alpha value is -2.24. The van der Waals surface area contributed by atoms with Crippen molar-refractivity contribution < 1.29 is 19.4 Å². The highest BCUT2D eigenvalue weighted by Crippen LogP contribution is 2.30. The lowest BCUT2D eigenvalue weighted by atomic mass is 10.0. The van der Waals surface area contributed by atoms with E-state index in [0.29, 0.717) is 24.6 Å². The van der Waals surface area contributed by atoms with Crippen molar-refractivity contribution in [2.24, 2.45) is 0 Å². The van der Waals surface area contributed by atoms with Crippen molar-refractivity contribution in [3.63, 3.8) is 0 Å². The zero-order valence-corrected chi connectivity index (χ0v) is 12.3. The van der Waals surface area contributed by atoms with Crippen LogP contribution < -0.4 is 15.0 Å². The monoisotopic (exact) mass is 292 g/mol. The SMILES string of the molecule is CC(C)(CC(=O)O)NC(=O)N1CCCOc2ccccc21. The van der Waals surface area contributed by atoms with Crippen LogP contribution in [0.15, 0.2) is 24.3 Å². The smallest absolute Gasteiger partial charge is 0.322 e. The maximum absolute atomic E-state index is 12.5. The average Bonchev–Trinajstić information content (AvgIpc) is 2.58. The first-order chi connectivity index (χ1) is 9.89. The van der Waals surface area contributed by atoms with Crippen LogP contribution in [0.1, 0.15) is 26.7 Å². The number of carboxylic acid groups (broad SMARTS) is 1. The van der Waals surface area contributed by atoms with Gasteiger partial charge in [0.25, 0.3) is 0 Å². The van der Waals surface area contributed by atoms with Crippen LogP contribution in [0.5, 0.6) is 5.75 Å². The molecular weight excluding hydrogens is 272 g/mol. The van der Waals surface area contributed by atoms with Gasteiger partial charge in [-0.05, 0) is 32.4 Å². The van der Waals surface area contributed by atoms with E-state index < -0.39 is 11.5 Å². The van der Waals surface area contributed by atoms with Gasteiger partial charge in [-0.25, -0.2) is 4.79 Å². The van der Waals surface area contributed by atoms with Gasteiger partial charge < -0.3 is 15.2 Å². The number of amides is 2. The maximum atomic E-state index is 12.5. The van der Waals surface area contributed by atoms with Gasteiger partial charge in [-0.15, -0.1) is 0 Å². The number of aliphatic carboxylic acids is 1. The first-order valence-electron chi connectivity index (χ1n) is 6.92. The third-order valence-electron chi connectivity index (χ3n) is 3.22. The fourth-order valence-corrected chi connectivity index (χ4v) is 2.32. The molecule has 0 aliphatic carbocycles. The third-order valence-corrected chi connectivity index (χ3v) is 3.22. The molecule has 21 heavy (non-hydrogen) atoms. The number of benzene rings is 1. The van der Waals surface area contributed by atoms with Crippen LogP contribution in [0, 0.1) is 0 Å². The number of ether oxygens (including phenoxy) is 1. The number of hydrogen-bond donors (Lipinski definition) is 2. The highest BCUT2D eigenvalue weighted by atomic mass is 16.5. The number of nitrogens with zero attached hydrogens (tertiary/aromatic N) is 1. The van der Waals surface area contributed by atoms with Crippen LogP contribution >= 0.6 is 0 Å². The molecule has 2 N–H and O–H groups in total. The number of anilines is 1. The summed E-state index contributed by atoms with van der Waals surface area (Å²) in [6, 6.07) is 7.04. The molecule has 6 nitrogen and oxygen atoms in total. The number of carbonyl (C=O) groups excluding carboxylic acids is 1. The van der Waals surface area contributed by atoms with E-state index >= 15 is 0 Å². The molecule has 6 heteroatoms. The lowest BCUT2D eigenvalue weighted by molar-refractivity contribution is -0.138. The van der Waals surface area contributed by atoms with Crippen molar-refractivity contribution >= 4 is 17.7 Å². The van der Waals surface area contributed by atoms with E-state index in [1.54, 1.807) is 18.7 Å². The van der Waals surface area contributed by atoms with Gasteiger partial charge in [-0.2, -0.15) is 0 Å². The summed E-state index contributed by atoms with van der Waals surface area (Å²) in [5.41, 5.74) is -0.107. The Kier molecular flexibility index (Phi) is 4.35. The van der Waals surface area contributed by atoms with Gasteiger partial charge in [0, 0.05) is 12.1 Å². The van der Waals surface area contributed by atoms with E-state index in [2.05, 4.69) is 5.32 Å². The molecule has 0 saturated carbocycles. The molecule has 0 saturated heterocycles. The summed E-state index contributed by atoms with van der Waals surface area (Å²) in [4.78, 5) is 24.9. The molecular formula is C15H20N2O4. The molecule has 0 aromatic heterocycles. The molecule has 1 aliphatic rings. The van der Waals surface area contributed by atoms with E-state index in [9.17, 15) is 9.59 Å². The van der Waals surface area contributed by atoms with Gasteiger partial charge in [0.1, 0.15) is 5.75 Å². The van der Waals surface area contributed by atoms with Gasteiger partial charge in [-0.1, -0.05) is 12.1 Å². The van der Waals surface area contributed by atoms with Gasteiger partial charge in [0.2, 0.25) is 0 Å². The van der Waals surface area contributed by atoms with E-state index in [4.69, 9.17) is 9.84 Å². The molecule has 0 atom stereocenters. The van der Waals surface area contributed by atoms with E-state index in [0.717, 1.165) is 6.42 Å². The largest absolute Gasteiger partial charge is 0.491 e. The second-order valence-corrected chi connectivity index (χ2v) is 5.71. The molecule has 2 amide bonds. The minimum absolute atomic E-state index is 0.134.